The molecule has 140 valence electrons. The van der Waals surface area contributed by atoms with Crippen molar-refractivity contribution in [3.05, 3.63) is 59.2 Å². The van der Waals surface area contributed by atoms with Crippen LogP contribution < -0.4 is 14.8 Å². The van der Waals surface area contributed by atoms with Gasteiger partial charge in [-0.1, -0.05) is 44.2 Å². The molecule has 1 heterocycles. The molecule has 1 saturated heterocycles. The number of nitrogens with one attached hydrogen (secondary N) is 1. The molecular formula is C22H30N2O2. The van der Waals surface area contributed by atoms with Gasteiger partial charge in [-0.15, -0.1) is 0 Å². The van der Waals surface area contributed by atoms with Gasteiger partial charge in [0.05, 0.1) is 22.3 Å². The summed E-state index contributed by atoms with van der Waals surface area (Å²) in [5, 5.41) is 3.60. The van der Waals surface area contributed by atoms with Gasteiger partial charge in [-0.05, 0) is 34.7 Å². The van der Waals surface area contributed by atoms with Crippen LogP contribution in [0.2, 0.25) is 0 Å². The highest BCUT2D eigenvalue weighted by molar-refractivity contribution is 5.43. The fraction of sp³-hybridized carbons (Fsp3) is 0.455. The van der Waals surface area contributed by atoms with Crippen molar-refractivity contribution >= 4 is 0 Å². The van der Waals surface area contributed by atoms with Crippen LogP contribution in [0.15, 0.2) is 42.5 Å². The van der Waals surface area contributed by atoms with E-state index in [2.05, 4.69) is 48.3 Å². The molecule has 2 aromatic rings. The minimum Gasteiger partial charge on any atom is -0.493 e. The van der Waals surface area contributed by atoms with E-state index in [4.69, 9.17) is 17.7 Å². The van der Waals surface area contributed by atoms with Crippen molar-refractivity contribution in [1.82, 2.24) is 10.2 Å². The Balaban J connectivity index is 1.78. The Kier molecular flexibility index (Phi) is 4.07. The summed E-state index contributed by atoms with van der Waals surface area (Å²) in [5.74, 6) is 0.207. The van der Waals surface area contributed by atoms with Crippen LogP contribution in [0.4, 0.5) is 0 Å². The molecule has 1 fully saturated rings. The maximum absolute atomic E-state index is 7.39. The maximum Gasteiger partial charge on any atom is 0.161 e. The summed E-state index contributed by atoms with van der Waals surface area (Å²) in [5.41, 5.74) is 3.44. The van der Waals surface area contributed by atoms with Gasteiger partial charge in [0, 0.05) is 32.2 Å². The van der Waals surface area contributed by atoms with E-state index in [9.17, 15) is 0 Å². The number of benzene rings is 2. The number of nitrogens with zero attached hydrogens (tertiary/aromatic N) is 1. The molecule has 1 aliphatic rings. The SMILES string of the molecule is [2H]C([2H])([2H])Oc1ccc(CN2CCNC(c3ccccc3C(C)C)C2)cc1OC([2H])([2H])[2H]. The predicted octanol–water partition coefficient (Wildman–Crippen LogP) is 3.97. The monoisotopic (exact) mass is 360 g/mol. The van der Waals surface area contributed by atoms with Crippen LogP contribution in [-0.2, 0) is 6.54 Å². The minimum atomic E-state index is -2.72. The lowest BCUT2D eigenvalue weighted by Crippen LogP contribution is -2.45. The van der Waals surface area contributed by atoms with Gasteiger partial charge in [0.2, 0.25) is 0 Å². The Morgan fingerprint density at radius 2 is 1.96 bits per heavy atom. The lowest BCUT2D eigenvalue weighted by molar-refractivity contribution is 0.192. The Hall–Kier alpha value is -2.04. The molecule has 0 saturated carbocycles. The zero-order chi connectivity index (χ0) is 23.5. The quantitative estimate of drug-likeness (QED) is 0.845. The molecule has 2 aromatic carbocycles. The van der Waals surface area contributed by atoms with E-state index in [1.54, 1.807) is 12.1 Å². The number of piperazine rings is 1. The average molecular weight is 361 g/mol. The number of ether oxygens (including phenoxy) is 2. The van der Waals surface area contributed by atoms with Crippen molar-refractivity contribution in [2.75, 3.05) is 33.7 Å². The molecule has 0 aromatic heterocycles. The topological polar surface area (TPSA) is 33.7 Å². The van der Waals surface area contributed by atoms with E-state index in [1.807, 2.05) is 0 Å². The molecule has 0 bridgehead atoms. The first-order valence-corrected chi connectivity index (χ1v) is 8.97. The van der Waals surface area contributed by atoms with Crippen LogP contribution in [0.3, 0.4) is 0 Å². The summed E-state index contributed by atoms with van der Waals surface area (Å²) in [6.45, 7) is 7.42. The van der Waals surface area contributed by atoms with E-state index in [1.165, 1.54) is 17.2 Å². The highest BCUT2D eigenvalue weighted by atomic mass is 16.5. The Labute approximate surface area is 165 Å². The Morgan fingerprint density at radius 1 is 1.15 bits per heavy atom. The number of methoxy groups -OCH3 is 2. The maximum atomic E-state index is 7.39. The molecule has 26 heavy (non-hydrogen) atoms. The second kappa shape index (κ2) is 8.56. The lowest BCUT2D eigenvalue weighted by atomic mass is 9.92. The summed E-state index contributed by atoms with van der Waals surface area (Å²) >= 11 is 0. The molecule has 1 aliphatic heterocycles. The van der Waals surface area contributed by atoms with Crippen LogP contribution in [0.5, 0.6) is 11.5 Å². The van der Waals surface area contributed by atoms with Crippen molar-refractivity contribution in [1.29, 1.82) is 0 Å². The molecule has 0 radical (unpaired) electrons. The van der Waals surface area contributed by atoms with Crippen molar-refractivity contribution in [3.63, 3.8) is 0 Å². The molecule has 1 atom stereocenters. The third kappa shape index (κ3) is 4.19. The largest absolute Gasteiger partial charge is 0.493 e. The molecule has 4 heteroatoms. The second-order valence-corrected chi connectivity index (χ2v) is 7.01. The summed E-state index contributed by atoms with van der Waals surface area (Å²) < 4.78 is 54.1. The van der Waals surface area contributed by atoms with E-state index >= 15 is 0 Å². The van der Waals surface area contributed by atoms with Crippen LogP contribution in [0.1, 0.15) is 50.7 Å². The van der Waals surface area contributed by atoms with E-state index in [0.29, 0.717) is 12.5 Å². The van der Waals surface area contributed by atoms with Crippen molar-refractivity contribution in [3.8, 4) is 11.5 Å². The van der Waals surface area contributed by atoms with E-state index in [0.717, 1.165) is 25.2 Å². The molecule has 1 N–H and O–H groups in total. The average Bonchev–Trinajstić information content (AvgIpc) is 2.68. The standard InChI is InChI=1S/C22H30N2O2/c1-16(2)18-7-5-6-8-19(18)20-15-24(12-11-23-20)14-17-9-10-21(25-3)22(13-17)26-4/h5-10,13,16,20,23H,11-12,14-15H2,1-4H3/i3D3,4D3. The van der Waals surface area contributed by atoms with Crippen LogP contribution >= 0.6 is 0 Å². The third-order valence-electron chi connectivity index (χ3n) is 4.89. The van der Waals surface area contributed by atoms with Crippen molar-refractivity contribution in [2.24, 2.45) is 0 Å². The van der Waals surface area contributed by atoms with Crippen molar-refractivity contribution in [2.45, 2.75) is 32.4 Å². The zero-order valence-corrected chi connectivity index (χ0v) is 15.3. The van der Waals surface area contributed by atoms with Crippen LogP contribution in [0.25, 0.3) is 0 Å². The first-order valence-electron chi connectivity index (χ1n) is 12.0. The highest BCUT2D eigenvalue weighted by Gasteiger charge is 2.23. The fourth-order valence-corrected chi connectivity index (χ4v) is 3.59. The predicted molar refractivity (Wildman–Crippen MR) is 106 cm³/mol. The summed E-state index contributed by atoms with van der Waals surface area (Å²) in [7, 11) is -5.42. The Bertz CT molecular complexity index is 914. The van der Waals surface area contributed by atoms with Gasteiger partial charge < -0.3 is 14.8 Å². The first-order chi connectivity index (χ1) is 14.9. The van der Waals surface area contributed by atoms with E-state index < -0.39 is 14.1 Å². The number of hydrogen-bond donors (Lipinski definition) is 1. The van der Waals surface area contributed by atoms with Gasteiger partial charge in [-0.25, -0.2) is 0 Å². The zero-order valence-electron chi connectivity index (χ0n) is 21.3. The van der Waals surface area contributed by atoms with Gasteiger partial charge in [0.1, 0.15) is 0 Å². The third-order valence-corrected chi connectivity index (χ3v) is 4.89. The Morgan fingerprint density at radius 3 is 2.77 bits per heavy atom. The van der Waals surface area contributed by atoms with Gasteiger partial charge in [-0.2, -0.15) is 0 Å². The molecule has 0 amide bonds. The highest BCUT2D eigenvalue weighted by Crippen LogP contribution is 2.30. The van der Waals surface area contributed by atoms with E-state index in [-0.39, 0.29) is 17.5 Å². The number of hydrogen-bond acceptors (Lipinski definition) is 4. The molecular weight excluding hydrogens is 324 g/mol. The minimum absolute atomic E-state index is 0.101. The lowest BCUT2D eigenvalue weighted by Gasteiger charge is -2.35. The number of rotatable bonds is 6. The van der Waals surface area contributed by atoms with Gasteiger partial charge in [0.25, 0.3) is 0 Å². The van der Waals surface area contributed by atoms with Gasteiger partial charge >= 0.3 is 0 Å². The first kappa shape index (κ1) is 12.4. The smallest absolute Gasteiger partial charge is 0.161 e. The van der Waals surface area contributed by atoms with Gasteiger partial charge in [-0.3, -0.25) is 4.90 Å². The normalized spacial score (nSPS) is 22.5. The van der Waals surface area contributed by atoms with Crippen molar-refractivity contribution < 1.29 is 17.7 Å². The fourth-order valence-electron chi connectivity index (χ4n) is 3.59. The molecule has 0 aliphatic carbocycles. The van der Waals surface area contributed by atoms with Gasteiger partial charge in [0.15, 0.2) is 11.5 Å². The second-order valence-electron chi connectivity index (χ2n) is 7.01. The summed E-state index contributed by atoms with van der Waals surface area (Å²) in [4.78, 5) is 2.29. The summed E-state index contributed by atoms with van der Waals surface area (Å²) in [6.07, 6.45) is 0. The molecule has 4 nitrogen and oxygen atoms in total. The molecule has 3 rings (SSSR count). The van der Waals surface area contributed by atoms with Crippen LogP contribution in [0, 0.1) is 0 Å². The summed E-state index contributed by atoms with van der Waals surface area (Å²) in [6, 6.07) is 13.4. The molecule has 1 unspecified atom stereocenters. The molecule has 0 spiro atoms. The van der Waals surface area contributed by atoms with Crippen LogP contribution in [-0.4, -0.2) is 38.6 Å².